The molecule has 1 saturated heterocycles. The molecule has 1 aliphatic heterocycles. The normalized spacial score (nSPS) is 21.0. The summed E-state index contributed by atoms with van der Waals surface area (Å²) in [7, 11) is -3.48. The summed E-state index contributed by atoms with van der Waals surface area (Å²) in [6.45, 7) is 10.0. The monoisotopic (exact) mass is 314 g/mol. The lowest BCUT2D eigenvalue weighted by Crippen LogP contribution is -2.34. The number of nitrogens with one attached hydrogen (secondary N) is 1. The van der Waals surface area contributed by atoms with E-state index in [-0.39, 0.29) is 10.6 Å². The minimum Gasteiger partial charge on any atom is -0.447 e. The third-order valence-corrected chi connectivity index (χ3v) is 5.59. The van der Waals surface area contributed by atoms with Crippen LogP contribution in [0.4, 0.5) is 0 Å². The molecule has 0 spiro atoms. The van der Waals surface area contributed by atoms with E-state index in [0.29, 0.717) is 31.3 Å². The summed E-state index contributed by atoms with van der Waals surface area (Å²) < 4.78 is 32.1. The summed E-state index contributed by atoms with van der Waals surface area (Å²) in [4.78, 5) is 0. The highest BCUT2D eigenvalue weighted by Gasteiger charge is 2.33. The zero-order valence-electron chi connectivity index (χ0n) is 13.3. The molecule has 0 aliphatic carbocycles. The van der Waals surface area contributed by atoms with Crippen molar-refractivity contribution in [3.63, 3.8) is 0 Å². The van der Waals surface area contributed by atoms with Crippen molar-refractivity contribution in [3.05, 3.63) is 17.9 Å². The molecule has 0 radical (unpaired) electrons. The fraction of sp³-hybridized carbons (Fsp3) is 0.733. The Labute approximate surface area is 127 Å². The number of furan rings is 1. The van der Waals surface area contributed by atoms with Crippen LogP contribution in [0.3, 0.4) is 0 Å². The summed E-state index contributed by atoms with van der Waals surface area (Å²) in [5, 5.41) is 3.35. The van der Waals surface area contributed by atoms with Gasteiger partial charge in [0.2, 0.25) is 5.09 Å². The van der Waals surface area contributed by atoms with Gasteiger partial charge < -0.3 is 9.73 Å². The summed E-state index contributed by atoms with van der Waals surface area (Å²) in [5.74, 6) is 1.12. The molecule has 1 fully saturated rings. The topological polar surface area (TPSA) is 62.6 Å². The van der Waals surface area contributed by atoms with E-state index in [9.17, 15) is 8.42 Å². The van der Waals surface area contributed by atoms with Gasteiger partial charge in [0.1, 0.15) is 5.76 Å². The first-order valence-electron chi connectivity index (χ1n) is 7.56. The Morgan fingerprint density at radius 3 is 2.67 bits per heavy atom. The van der Waals surface area contributed by atoms with Gasteiger partial charge >= 0.3 is 0 Å². The van der Waals surface area contributed by atoms with Crippen molar-refractivity contribution in [1.82, 2.24) is 9.62 Å². The van der Waals surface area contributed by atoms with Crippen LogP contribution < -0.4 is 5.32 Å². The minimum absolute atomic E-state index is 0.0326. The molecule has 0 amide bonds. The van der Waals surface area contributed by atoms with Gasteiger partial charge in [-0.15, -0.1) is 0 Å². The van der Waals surface area contributed by atoms with Crippen LogP contribution in [0.2, 0.25) is 0 Å². The second kappa shape index (κ2) is 6.10. The lowest BCUT2D eigenvalue weighted by Gasteiger charge is -2.19. The molecule has 1 unspecified atom stereocenters. The molecule has 1 N–H and O–H groups in total. The second-order valence-electron chi connectivity index (χ2n) is 6.75. The number of hydrogen-bond acceptors (Lipinski definition) is 4. The predicted octanol–water partition coefficient (Wildman–Crippen LogP) is 2.59. The minimum atomic E-state index is -3.48. The number of nitrogens with zero attached hydrogens (tertiary/aromatic N) is 1. The van der Waals surface area contributed by atoms with Crippen LogP contribution in [-0.2, 0) is 16.6 Å². The zero-order chi connectivity index (χ0) is 15.7. The molecule has 0 aromatic carbocycles. The summed E-state index contributed by atoms with van der Waals surface area (Å²) >= 11 is 0. The third-order valence-electron chi connectivity index (χ3n) is 3.85. The summed E-state index contributed by atoms with van der Waals surface area (Å²) in [6, 6.07) is 3.30. The Hall–Kier alpha value is -0.850. The Bertz CT molecular complexity index is 572. The maximum absolute atomic E-state index is 12.5. The van der Waals surface area contributed by atoms with Crippen molar-refractivity contribution in [1.29, 1.82) is 0 Å². The van der Waals surface area contributed by atoms with Gasteiger partial charge in [-0.2, -0.15) is 4.31 Å². The fourth-order valence-corrected chi connectivity index (χ4v) is 3.88. The van der Waals surface area contributed by atoms with Crippen molar-refractivity contribution in [2.45, 2.75) is 57.7 Å². The van der Waals surface area contributed by atoms with Crippen LogP contribution in [0.25, 0.3) is 0 Å². The molecule has 6 heteroatoms. The first kappa shape index (κ1) is 16.5. The Balaban J connectivity index is 2.06. The van der Waals surface area contributed by atoms with Gasteiger partial charge in [0.25, 0.3) is 10.0 Å². The van der Waals surface area contributed by atoms with E-state index >= 15 is 0 Å². The van der Waals surface area contributed by atoms with Crippen molar-refractivity contribution in [3.8, 4) is 0 Å². The molecular weight excluding hydrogens is 288 g/mol. The molecular formula is C15H26N2O3S. The van der Waals surface area contributed by atoms with Crippen LogP contribution in [-0.4, -0.2) is 31.4 Å². The predicted molar refractivity (Wildman–Crippen MR) is 82.5 cm³/mol. The van der Waals surface area contributed by atoms with Gasteiger partial charge in [-0.25, -0.2) is 8.42 Å². The Kier molecular flexibility index (Phi) is 4.80. The largest absolute Gasteiger partial charge is 0.447 e. The third kappa shape index (κ3) is 4.08. The fourth-order valence-electron chi connectivity index (χ4n) is 2.42. The quantitative estimate of drug-likeness (QED) is 0.907. The van der Waals surface area contributed by atoms with Gasteiger partial charge in [-0.3, -0.25) is 0 Å². The van der Waals surface area contributed by atoms with Gasteiger partial charge in [0, 0.05) is 18.6 Å². The van der Waals surface area contributed by atoms with Gasteiger partial charge in [0.15, 0.2) is 0 Å². The molecule has 21 heavy (non-hydrogen) atoms. The summed E-state index contributed by atoms with van der Waals surface area (Å²) in [5.41, 5.74) is -0.0326. The van der Waals surface area contributed by atoms with E-state index < -0.39 is 10.0 Å². The smallest absolute Gasteiger partial charge is 0.276 e. The van der Waals surface area contributed by atoms with Crippen LogP contribution >= 0.6 is 0 Å². The highest BCUT2D eigenvalue weighted by atomic mass is 32.2. The highest BCUT2D eigenvalue weighted by Crippen LogP contribution is 2.27. The van der Waals surface area contributed by atoms with E-state index in [1.165, 1.54) is 0 Å². The average Bonchev–Trinajstić information content (AvgIpc) is 3.05. The number of hydrogen-bond donors (Lipinski definition) is 1. The first-order chi connectivity index (χ1) is 9.72. The lowest BCUT2D eigenvalue weighted by molar-refractivity contribution is 0.350. The zero-order valence-corrected chi connectivity index (χ0v) is 14.2. The first-order valence-corrected chi connectivity index (χ1v) is 9.00. The molecule has 1 aliphatic rings. The van der Waals surface area contributed by atoms with Gasteiger partial charge in [0.05, 0.1) is 6.54 Å². The van der Waals surface area contributed by atoms with E-state index in [2.05, 4.69) is 33.0 Å². The molecule has 2 heterocycles. The van der Waals surface area contributed by atoms with Crippen LogP contribution in [0.1, 0.15) is 46.3 Å². The van der Waals surface area contributed by atoms with Gasteiger partial charge in [-0.1, -0.05) is 13.3 Å². The van der Waals surface area contributed by atoms with E-state index in [0.717, 1.165) is 12.8 Å². The average molecular weight is 314 g/mol. The molecule has 0 saturated carbocycles. The molecule has 0 bridgehead atoms. The number of sulfonamides is 1. The Morgan fingerprint density at radius 1 is 1.38 bits per heavy atom. The second-order valence-corrected chi connectivity index (χ2v) is 8.62. The van der Waals surface area contributed by atoms with E-state index in [1.807, 2.05) is 0 Å². The molecule has 5 nitrogen and oxygen atoms in total. The van der Waals surface area contributed by atoms with Crippen molar-refractivity contribution in [2.24, 2.45) is 5.92 Å². The maximum Gasteiger partial charge on any atom is 0.276 e. The van der Waals surface area contributed by atoms with Crippen molar-refractivity contribution >= 4 is 10.0 Å². The lowest BCUT2D eigenvalue weighted by atomic mass is 10.1. The van der Waals surface area contributed by atoms with Crippen molar-refractivity contribution < 1.29 is 12.8 Å². The van der Waals surface area contributed by atoms with E-state index in [1.54, 1.807) is 16.4 Å². The Morgan fingerprint density at radius 2 is 2.10 bits per heavy atom. The molecule has 2 rings (SSSR count). The maximum atomic E-state index is 12.5. The molecule has 1 atom stereocenters. The summed E-state index contributed by atoms with van der Waals surface area (Å²) in [6.07, 6.45) is 1.96. The van der Waals surface area contributed by atoms with Crippen LogP contribution in [0.15, 0.2) is 21.6 Å². The number of rotatable bonds is 5. The van der Waals surface area contributed by atoms with E-state index in [4.69, 9.17) is 4.42 Å². The highest BCUT2D eigenvalue weighted by molar-refractivity contribution is 7.89. The molecule has 120 valence electrons. The molecule has 1 aromatic rings. The standard InChI is InChI=1S/C15H26N2O3S/c1-5-12-8-9-17(11-12)21(18,19)14-7-6-13(20-14)10-16-15(2,3)4/h6-7,12,16H,5,8-11H2,1-4H3. The molecule has 1 aromatic heterocycles. The van der Waals surface area contributed by atoms with Crippen LogP contribution in [0, 0.1) is 5.92 Å². The van der Waals surface area contributed by atoms with Gasteiger partial charge in [-0.05, 0) is 45.2 Å². The van der Waals surface area contributed by atoms with Crippen molar-refractivity contribution in [2.75, 3.05) is 13.1 Å². The van der Waals surface area contributed by atoms with Crippen LogP contribution in [0.5, 0.6) is 0 Å². The SMILES string of the molecule is CCC1CCN(S(=O)(=O)c2ccc(CNC(C)(C)C)o2)C1.